The number of phenols is 1. The second kappa shape index (κ2) is 6.82. The van der Waals surface area contributed by atoms with Gasteiger partial charge in [-0.15, -0.1) is 0 Å². The Morgan fingerprint density at radius 2 is 2.26 bits per heavy atom. The molecule has 0 aromatic heterocycles. The van der Waals surface area contributed by atoms with Crippen molar-refractivity contribution in [3.63, 3.8) is 0 Å². The fourth-order valence-electron chi connectivity index (χ4n) is 2.03. The van der Waals surface area contributed by atoms with E-state index in [1.54, 1.807) is 7.05 Å². The van der Waals surface area contributed by atoms with E-state index in [1.807, 2.05) is 0 Å². The molecule has 1 aliphatic heterocycles. The number of likely N-dealkylation sites (N-methyl/N-ethyl adjacent to an activating group) is 1. The minimum Gasteiger partial charge on any atom is -0.506 e. The molecule has 0 saturated carbocycles. The third-order valence-electron chi connectivity index (χ3n) is 3.25. The molecule has 0 unspecified atom stereocenters. The summed E-state index contributed by atoms with van der Waals surface area (Å²) in [7, 11) is 1.61. The number of nitrogens with one attached hydrogen (secondary N) is 2. The van der Waals surface area contributed by atoms with Gasteiger partial charge in [0.1, 0.15) is 11.9 Å². The van der Waals surface area contributed by atoms with E-state index < -0.39 is 24.0 Å². The zero-order chi connectivity index (χ0) is 17.0. The van der Waals surface area contributed by atoms with Gasteiger partial charge in [0.05, 0.1) is 18.8 Å². The summed E-state index contributed by atoms with van der Waals surface area (Å²) in [4.78, 5) is 36.0. The molecule has 0 radical (unpaired) electrons. The van der Waals surface area contributed by atoms with E-state index in [2.05, 4.69) is 17.2 Å². The number of phenolic OH excluding ortho intramolecular Hbond substituents is 1. The van der Waals surface area contributed by atoms with Crippen molar-refractivity contribution >= 4 is 23.6 Å². The number of cyclic esters (lactones) is 1. The highest BCUT2D eigenvalue weighted by molar-refractivity contribution is 6.02. The number of hydrogen-bond donors (Lipinski definition) is 3. The van der Waals surface area contributed by atoms with Crippen molar-refractivity contribution in [1.29, 1.82) is 0 Å². The molecule has 1 saturated heterocycles. The maximum absolute atomic E-state index is 12.1. The predicted molar refractivity (Wildman–Crippen MR) is 82.2 cm³/mol. The minimum absolute atomic E-state index is 0.106. The molecule has 8 nitrogen and oxygen atoms in total. The Kier molecular flexibility index (Phi) is 4.85. The van der Waals surface area contributed by atoms with Crippen LogP contribution in [0.15, 0.2) is 30.9 Å². The standard InChI is InChI=1S/C15H17N3O5/c1-3-13(20)17-11-6-9(4-5-12(11)19)14(21)16-7-10-8-18(2)15(22)23-10/h3-6,10,19H,1,7-8H2,2H3,(H,16,21)(H,17,20)/t10-/m1/s1. The lowest BCUT2D eigenvalue weighted by Gasteiger charge is -2.11. The quantitative estimate of drug-likeness (QED) is 0.547. The fourth-order valence-corrected chi connectivity index (χ4v) is 2.03. The van der Waals surface area contributed by atoms with Crippen molar-refractivity contribution < 1.29 is 24.2 Å². The molecule has 23 heavy (non-hydrogen) atoms. The monoisotopic (exact) mass is 319 g/mol. The molecule has 1 aromatic rings. The van der Waals surface area contributed by atoms with Gasteiger partial charge in [-0.05, 0) is 24.3 Å². The molecule has 1 atom stereocenters. The van der Waals surface area contributed by atoms with Crippen LogP contribution in [0.3, 0.4) is 0 Å². The maximum Gasteiger partial charge on any atom is 0.410 e. The molecule has 1 fully saturated rings. The summed E-state index contributed by atoms with van der Waals surface area (Å²) in [5, 5.41) is 14.7. The van der Waals surface area contributed by atoms with Crippen LogP contribution < -0.4 is 10.6 Å². The van der Waals surface area contributed by atoms with E-state index in [4.69, 9.17) is 4.74 Å². The lowest BCUT2D eigenvalue weighted by atomic mass is 10.1. The first-order valence-electron chi connectivity index (χ1n) is 6.87. The second-order valence-electron chi connectivity index (χ2n) is 5.02. The van der Waals surface area contributed by atoms with Gasteiger partial charge in [0.15, 0.2) is 0 Å². The molecule has 1 heterocycles. The Morgan fingerprint density at radius 1 is 1.52 bits per heavy atom. The Bertz CT molecular complexity index is 659. The van der Waals surface area contributed by atoms with Gasteiger partial charge < -0.3 is 25.4 Å². The summed E-state index contributed by atoms with van der Waals surface area (Å²) >= 11 is 0. The average molecular weight is 319 g/mol. The number of benzene rings is 1. The summed E-state index contributed by atoms with van der Waals surface area (Å²) in [5.74, 6) is -1.08. The molecule has 2 rings (SSSR count). The van der Waals surface area contributed by atoms with Crippen LogP contribution in [0.4, 0.5) is 10.5 Å². The Labute approximate surface area is 132 Å². The molecule has 122 valence electrons. The summed E-state index contributed by atoms with van der Waals surface area (Å²) in [6, 6.07) is 4.07. The zero-order valence-electron chi connectivity index (χ0n) is 12.5. The van der Waals surface area contributed by atoms with Crippen LogP contribution in [-0.2, 0) is 9.53 Å². The van der Waals surface area contributed by atoms with Gasteiger partial charge in [-0.25, -0.2) is 4.79 Å². The highest BCUT2D eigenvalue weighted by Crippen LogP contribution is 2.24. The summed E-state index contributed by atoms with van der Waals surface area (Å²) in [6.07, 6.45) is 0.216. The first-order valence-corrected chi connectivity index (χ1v) is 6.87. The molecular weight excluding hydrogens is 302 g/mol. The summed E-state index contributed by atoms with van der Waals surface area (Å²) in [6.45, 7) is 3.88. The van der Waals surface area contributed by atoms with Crippen molar-refractivity contribution in [3.8, 4) is 5.75 Å². The third kappa shape index (κ3) is 4.00. The Hall–Kier alpha value is -3.03. The van der Waals surface area contributed by atoms with Gasteiger partial charge in [0, 0.05) is 12.6 Å². The number of anilines is 1. The molecule has 3 amide bonds. The highest BCUT2D eigenvalue weighted by Gasteiger charge is 2.28. The van der Waals surface area contributed by atoms with Gasteiger partial charge in [0.2, 0.25) is 5.91 Å². The van der Waals surface area contributed by atoms with Crippen molar-refractivity contribution in [3.05, 3.63) is 36.4 Å². The maximum atomic E-state index is 12.1. The van der Waals surface area contributed by atoms with Gasteiger partial charge in [-0.1, -0.05) is 6.58 Å². The van der Waals surface area contributed by atoms with Crippen molar-refractivity contribution in [2.24, 2.45) is 0 Å². The fraction of sp³-hybridized carbons (Fsp3) is 0.267. The van der Waals surface area contributed by atoms with E-state index in [9.17, 15) is 19.5 Å². The SMILES string of the molecule is C=CC(=O)Nc1cc(C(=O)NC[C@@H]2CN(C)C(=O)O2)ccc1O. The van der Waals surface area contributed by atoms with Gasteiger partial charge in [0.25, 0.3) is 5.91 Å². The van der Waals surface area contributed by atoms with Crippen LogP contribution in [0.5, 0.6) is 5.75 Å². The van der Waals surface area contributed by atoms with Gasteiger partial charge in [-0.3, -0.25) is 9.59 Å². The average Bonchev–Trinajstić information content (AvgIpc) is 2.85. The van der Waals surface area contributed by atoms with Crippen LogP contribution in [0, 0.1) is 0 Å². The third-order valence-corrected chi connectivity index (χ3v) is 3.25. The van der Waals surface area contributed by atoms with E-state index >= 15 is 0 Å². The summed E-state index contributed by atoms with van der Waals surface area (Å²) in [5.41, 5.74) is 0.356. The van der Waals surface area contributed by atoms with E-state index in [0.29, 0.717) is 6.54 Å². The molecule has 0 spiro atoms. The van der Waals surface area contributed by atoms with Crippen molar-refractivity contribution in [2.45, 2.75) is 6.10 Å². The molecule has 1 aliphatic rings. The zero-order valence-corrected chi connectivity index (χ0v) is 12.5. The van der Waals surface area contributed by atoms with E-state index in [-0.39, 0.29) is 23.5 Å². The predicted octanol–water partition coefficient (Wildman–Crippen LogP) is 0.697. The number of carbonyl (C=O) groups is 3. The lowest BCUT2D eigenvalue weighted by Crippen LogP contribution is -2.34. The molecule has 1 aromatic carbocycles. The van der Waals surface area contributed by atoms with Crippen LogP contribution in [0.2, 0.25) is 0 Å². The van der Waals surface area contributed by atoms with Gasteiger partial charge >= 0.3 is 6.09 Å². The van der Waals surface area contributed by atoms with Crippen LogP contribution in [-0.4, -0.2) is 54.2 Å². The number of ether oxygens (including phenoxy) is 1. The lowest BCUT2D eigenvalue weighted by molar-refractivity contribution is -0.111. The Balaban J connectivity index is 1.99. The Morgan fingerprint density at radius 3 is 2.87 bits per heavy atom. The number of hydrogen-bond acceptors (Lipinski definition) is 5. The highest BCUT2D eigenvalue weighted by atomic mass is 16.6. The van der Waals surface area contributed by atoms with E-state index in [0.717, 1.165) is 6.08 Å². The van der Waals surface area contributed by atoms with Crippen LogP contribution >= 0.6 is 0 Å². The minimum atomic E-state index is -0.501. The molecule has 3 N–H and O–H groups in total. The first-order chi connectivity index (χ1) is 10.9. The molecule has 0 aliphatic carbocycles. The topological polar surface area (TPSA) is 108 Å². The number of rotatable bonds is 5. The smallest absolute Gasteiger partial charge is 0.410 e. The normalized spacial score (nSPS) is 16.7. The van der Waals surface area contributed by atoms with Crippen molar-refractivity contribution in [1.82, 2.24) is 10.2 Å². The van der Waals surface area contributed by atoms with Crippen LogP contribution in [0.1, 0.15) is 10.4 Å². The molecular formula is C15H17N3O5. The van der Waals surface area contributed by atoms with Gasteiger partial charge in [-0.2, -0.15) is 0 Å². The number of nitrogens with zero attached hydrogens (tertiary/aromatic N) is 1. The van der Waals surface area contributed by atoms with E-state index in [1.165, 1.54) is 23.1 Å². The number of amides is 3. The molecule has 8 heteroatoms. The number of aromatic hydroxyl groups is 1. The number of carbonyl (C=O) groups excluding carboxylic acids is 3. The second-order valence-corrected chi connectivity index (χ2v) is 5.02. The first kappa shape index (κ1) is 16.3. The van der Waals surface area contributed by atoms with Crippen LogP contribution in [0.25, 0.3) is 0 Å². The summed E-state index contributed by atoms with van der Waals surface area (Å²) < 4.78 is 5.03. The van der Waals surface area contributed by atoms with Crippen molar-refractivity contribution in [2.75, 3.05) is 25.5 Å². The molecule has 0 bridgehead atoms. The largest absolute Gasteiger partial charge is 0.506 e.